The van der Waals surface area contributed by atoms with Crippen LogP contribution in [-0.4, -0.2) is 43.8 Å². The van der Waals surface area contributed by atoms with Crippen LogP contribution in [-0.2, 0) is 21.1 Å². The zero-order valence-electron chi connectivity index (χ0n) is 12.8. The summed E-state index contributed by atoms with van der Waals surface area (Å²) in [7, 11) is -1.39. The monoisotopic (exact) mass is 313 g/mol. The average Bonchev–Trinajstić information content (AvgIpc) is 3.02. The van der Waals surface area contributed by atoms with Crippen LogP contribution >= 0.6 is 0 Å². The number of carbonyl (C=O) groups is 1. The van der Waals surface area contributed by atoms with Crippen LogP contribution in [0.5, 0.6) is 0 Å². The molecule has 0 saturated heterocycles. The maximum absolute atomic E-state index is 12.3. The van der Waals surface area contributed by atoms with E-state index in [4.69, 9.17) is 4.42 Å². The lowest BCUT2D eigenvalue weighted by molar-refractivity contribution is -0.131. The zero-order chi connectivity index (χ0) is 15.6. The van der Waals surface area contributed by atoms with Crippen molar-refractivity contribution in [2.75, 3.05) is 13.3 Å². The van der Waals surface area contributed by atoms with Crippen LogP contribution in [0.1, 0.15) is 37.2 Å². The Hall–Kier alpha value is -1.30. The minimum absolute atomic E-state index is 0.0235. The molecule has 1 aromatic heterocycles. The minimum Gasteiger partial charge on any atom is -0.466 e. The van der Waals surface area contributed by atoms with Gasteiger partial charge >= 0.3 is 0 Å². The van der Waals surface area contributed by atoms with Crippen LogP contribution in [0.4, 0.5) is 0 Å². The molecule has 118 valence electrons. The fourth-order valence-corrected chi connectivity index (χ4v) is 4.54. The summed E-state index contributed by atoms with van der Waals surface area (Å²) in [4.78, 5) is 13.9. The predicted molar refractivity (Wildman–Crippen MR) is 80.8 cm³/mol. The molecule has 0 unspecified atom stereocenters. The molecule has 0 N–H and O–H groups in total. The number of hydrogen-bond donors (Lipinski definition) is 0. The highest BCUT2D eigenvalue weighted by atomic mass is 32.2. The van der Waals surface area contributed by atoms with Crippen molar-refractivity contribution >= 4 is 15.7 Å². The van der Waals surface area contributed by atoms with Gasteiger partial charge in [-0.1, -0.05) is 0 Å². The molecule has 21 heavy (non-hydrogen) atoms. The first kappa shape index (κ1) is 16.1. The van der Waals surface area contributed by atoms with E-state index in [2.05, 4.69) is 0 Å². The third-order valence-corrected chi connectivity index (χ3v) is 5.89. The maximum atomic E-state index is 12.3. The molecule has 1 fully saturated rings. The SMILES string of the molecule is Cc1ccc(CCC(=O)N(C)[C@H]2CCC[C@H]2S(C)(=O)=O)o1. The number of rotatable bonds is 5. The van der Waals surface area contributed by atoms with Crippen molar-refractivity contribution in [3.8, 4) is 0 Å². The van der Waals surface area contributed by atoms with Crippen LogP contribution < -0.4 is 0 Å². The van der Waals surface area contributed by atoms with Gasteiger partial charge in [-0.05, 0) is 38.3 Å². The zero-order valence-corrected chi connectivity index (χ0v) is 13.6. The van der Waals surface area contributed by atoms with E-state index in [-0.39, 0.29) is 11.9 Å². The van der Waals surface area contributed by atoms with Crippen LogP contribution in [0.2, 0.25) is 0 Å². The lowest BCUT2D eigenvalue weighted by Gasteiger charge is -2.28. The van der Waals surface area contributed by atoms with Gasteiger partial charge in [-0.15, -0.1) is 0 Å². The first-order chi connectivity index (χ1) is 9.79. The Morgan fingerprint density at radius 1 is 1.38 bits per heavy atom. The van der Waals surface area contributed by atoms with Crippen molar-refractivity contribution in [3.63, 3.8) is 0 Å². The highest BCUT2D eigenvalue weighted by Crippen LogP contribution is 2.29. The summed E-state index contributed by atoms with van der Waals surface area (Å²) in [6, 6.07) is 3.56. The molecule has 1 aromatic rings. The molecule has 1 aliphatic rings. The number of sulfone groups is 1. The van der Waals surface area contributed by atoms with E-state index in [1.54, 1.807) is 11.9 Å². The van der Waals surface area contributed by atoms with E-state index in [1.807, 2.05) is 19.1 Å². The fourth-order valence-electron chi connectivity index (χ4n) is 3.06. The molecule has 1 amide bonds. The summed E-state index contributed by atoms with van der Waals surface area (Å²) in [5.74, 6) is 1.60. The number of aryl methyl sites for hydroxylation is 2. The first-order valence-corrected chi connectivity index (χ1v) is 9.24. The molecule has 0 aromatic carbocycles. The molecule has 0 bridgehead atoms. The molecule has 1 saturated carbocycles. The largest absolute Gasteiger partial charge is 0.466 e. The molecule has 5 nitrogen and oxygen atoms in total. The molecule has 0 aliphatic heterocycles. The first-order valence-electron chi connectivity index (χ1n) is 7.29. The molecule has 1 aliphatic carbocycles. The van der Waals surface area contributed by atoms with Gasteiger partial charge in [0.15, 0.2) is 9.84 Å². The third kappa shape index (κ3) is 3.87. The standard InChI is InChI=1S/C15H23NO4S/c1-11-7-8-12(20-11)9-10-15(17)16(2)13-5-4-6-14(13)21(3,18)19/h7-8,13-14H,4-6,9-10H2,1-3H3/t13-,14+/m0/s1. The minimum atomic E-state index is -3.11. The molecule has 0 radical (unpaired) electrons. The van der Waals surface area contributed by atoms with Gasteiger partial charge < -0.3 is 9.32 Å². The second-order valence-electron chi connectivity index (χ2n) is 5.88. The van der Waals surface area contributed by atoms with Crippen LogP contribution in [0.15, 0.2) is 16.5 Å². The average molecular weight is 313 g/mol. The molecular formula is C15H23NO4S. The van der Waals surface area contributed by atoms with E-state index < -0.39 is 15.1 Å². The van der Waals surface area contributed by atoms with Gasteiger partial charge in [0.2, 0.25) is 5.91 Å². The van der Waals surface area contributed by atoms with E-state index in [0.29, 0.717) is 19.3 Å². The fraction of sp³-hybridized carbons (Fsp3) is 0.667. The quantitative estimate of drug-likeness (QED) is 0.833. The van der Waals surface area contributed by atoms with Gasteiger partial charge in [-0.25, -0.2) is 8.42 Å². The van der Waals surface area contributed by atoms with Crippen LogP contribution in [0.3, 0.4) is 0 Å². The topological polar surface area (TPSA) is 67.6 Å². The number of amides is 1. The van der Waals surface area contributed by atoms with Crippen molar-refractivity contribution in [1.82, 2.24) is 4.90 Å². The molecular weight excluding hydrogens is 290 g/mol. The van der Waals surface area contributed by atoms with Crippen molar-refractivity contribution in [2.45, 2.75) is 50.3 Å². The Morgan fingerprint density at radius 3 is 2.67 bits per heavy atom. The van der Waals surface area contributed by atoms with Gasteiger partial charge in [0.25, 0.3) is 0 Å². The molecule has 0 spiro atoms. The summed E-state index contributed by atoms with van der Waals surface area (Å²) in [6.07, 6.45) is 4.43. The molecule has 1 heterocycles. The molecule has 6 heteroatoms. The van der Waals surface area contributed by atoms with Crippen molar-refractivity contribution in [2.24, 2.45) is 0 Å². The Morgan fingerprint density at radius 2 is 2.10 bits per heavy atom. The Labute approximate surface area is 126 Å². The van der Waals surface area contributed by atoms with Crippen molar-refractivity contribution < 1.29 is 17.6 Å². The summed E-state index contributed by atoms with van der Waals surface area (Å²) >= 11 is 0. The highest BCUT2D eigenvalue weighted by Gasteiger charge is 2.38. The van der Waals surface area contributed by atoms with Gasteiger partial charge in [-0.3, -0.25) is 4.79 Å². The van der Waals surface area contributed by atoms with Crippen LogP contribution in [0, 0.1) is 6.92 Å². The summed E-state index contributed by atoms with van der Waals surface area (Å²) < 4.78 is 29.0. The lowest BCUT2D eigenvalue weighted by atomic mass is 10.1. The van der Waals surface area contributed by atoms with Gasteiger partial charge in [-0.2, -0.15) is 0 Å². The van der Waals surface area contributed by atoms with Crippen molar-refractivity contribution in [1.29, 1.82) is 0 Å². The Balaban J connectivity index is 1.95. The number of hydrogen-bond acceptors (Lipinski definition) is 4. The van der Waals surface area contributed by atoms with Gasteiger partial charge in [0.05, 0.1) is 5.25 Å². The molecule has 2 atom stereocenters. The lowest BCUT2D eigenvalue weighted by Crippen LogP contribution is -2.44. The van der Waals surface area contributed by atoms with E-state index in [0.717, 1.165) is 24.4 Å². The summed E-state index contributed by atoms with van der Waals surface area (Å²) in [6.45, 7) is 1.87. The summed E-state index contributed by atoms with van der Waals surface area (Å²) in [5, 5.41) is -0.419. The number of nitrogens with zero attached hydrogens (tertiary/aromatic N) is 1. The number of carbonyl (C=O) groups excluding carboxylic acids is 1. The summed E-state index contributed by atoms with van der Waals surface area (Å²) in [5.41, 5.74) is 0. The third-order valence-electron chi connectivity index (χ3n) is 4.24. The van der Waals surface area contributed by atoms with Gasteiger partial charge in [0.1, 0.15) is 11.5 Å². The van der Waals surface area contributed by atoms with E-state index in [1.165, 1.54) is 6.26 Å². The predicted octanol–water partition coefficient (Wildman–Crippen LogP) is 1.94. The number of furan rings is 1. The van der Waals surface area contributed by atoms with E-state index >= 15 is 0 Å². The van der Waals surface area contributed by atoms with Crippen LogP contribution in [0.25, 0.3) is 0 Å². The Kier molecular flexibility index (Phi) is 4.76. The smallest absolute Gasteiger partial charge is 0.223 e. The second-order valence-corrected chi connectivity index (χ2v) is 8.15. The maximum Gasteiger partial charge on any atom is 0.223 e. The second kappa shape index (κ2) is 6.22. The highest BCUT2D eigenvalue weighted by molar-refractivity contribution is 7.91. The van der Waals surface area contributed by atoms with Gasteiger partial charge in [0, 0.05) is 32.2 Å². The normalized spacial score (nSPS) is 22.4. The molecule has 2 rings (SSSR count). The Bertz CT molecular complexity index is 605. The van der Waals surface area contributed by atoms with E-state index in [9.17, 15) is 13.2 Å². The van der Waals surface area contributed by atoms with Crippen molar-refractivity contribution in [3.05, 3.63) is 23.7 Å².